The second kappa shape index (κ2) is 7.19. The lowest BCUT2D eigenvalue weighted by Gasteiger charge is -2.40. The van der Waals surface area contributed by atoms with Gasteiger partial charge in [0.25, 0.3) is 5.91 Å². The predicted octanol–water partition coefficient (Wildman–Crippen LogP) is 0.431. The lowest BCUT2D eigenvalue weighted by Crippen LogP contribution is -2.48. The number of anilines is 1. The van der Waals surface area contributed by atoms with Gasteiger partial charge in [0.15, 0.2) is 17.3 Å². The summed E-state index contributed by atoms with van der Waals surface area (Å²) in [5, 5.41) is 13.6. The van der Waals surface area contributed by atoms with Crippen LogP contribution in [0.15, 0.2) is 35.8 Å². The van der Waals surface area contributed by atoms with E-state index in [1.54, 1.807) is 9.58 Å². The molecule has 0 bridgehead atoms. The van der Waals surface area contributed by atoms with Crippen LogP contribution in [0.3, 0.4) is 0 Å². The van der Waals surface area contributed by atoms with Gasteiger partial charge in [0.05, 0.1) is 23.2 Å². The number of aromatic nitrogens is 6. The third kappa shape index (κ3) is 3.08. The normalized spacial score (nSPS) is 14.0. The molecule has 4 aromatic heterocycles. The average Bonchev–Trinajstić information content (AvgIpc) is 3.40. The average molecular weight is 456 g/mol. The molecule has 1 saturated heterocycles. The zero-order chi connectivity index (χ0) is 22.6. The lowest BCUT2D eigenvalue weighted by molar-refractivity contribution is 0.0694. The third-order valence-corrected chi connectivity index (χ3v) is 5.79. The molecule has 162 valence electrons. The SMILES string of the molecule is NC(=O)c1cnn(C2CN(c3nc4c(cc3F)c(=O)c(C(=O)O)cn4-c3ncns3)C2)c1. The highest BCUT2D eigenvalue weighted by atomic mass is 32.1. The quantitative estimate of drug-likeness (QED) is 0.434. The van der Waals surface area contributed by atoms with Crippen molar-refractivity contribution in [1.82, 2.24) is 28.7 Å². The molecule has 5 rings (SSSR count). The Morgan fingerprint density at radius 2 is 2.06 bits per heavy atom. The number of hydrogen-bond donors (Lipinski definition) is 2. The Morgan fingerprint density at radius 1 is 1.28 bits per heavy atom. The summed E-state index contributed by atoms with van der Waals surface area (Å²) < 4.78 is 21.7. The third-order valence-electron chi connectivity index (χ3n) is 5.12. The molecule has 5 heterocycles. The van der Waals surface area contributed by atoms with Crippen molar-refractivity contribution in [2.24, 2.45) is 5.73 Å². The van der Waals surface area contributed by atoms with Gasteiger partial charge in [-0.2, -0.15) is 9.47 Å². The molecule has 4 aromatic rings. The Kier molecular flexibility index (Phi) is 4.44. The number of hydrogen-bond acceptors (Lipinski definition) is 9. The maximum Gasteiger partial charge on any atom is 0.341 e. The van der Waals surface area contributed by atoms with Gasteiger partial charge >= 0.3 is 5.97 Å². The number of carbonyl (C=O) groups excluding carboxylic acids is 1. The summed E-state index contributed by atoms with van der Waals surface area (Å²) in [5.74, 6) is -2.81. The highest BCUT2D eigenvalue weighted by Crippen LogP contribution is 2.30. The number of carboxylic acids is 1. The minimum absolute atomic E-state index is 0.00299. The molecule has 0 atom stereocenters. The highest BCUT2D eigenvalue weighted by molar-refractivity contribution is 7.08. The molecule has 12 nitrogen and oxygen atoms in total. The van der Waals surface area contributed by atoms with Crippen molar-refractivity contribution in [3.05, 3.63) is 58.2 Å². The van der Waals surface area contributed by atoms with E-state index in [0.29, 0.717) is 13.1 Å². The minimum atomic E-state index is -1.44. The molecule has 1 amide bonds. The number of pyridine rings is 2. The minimum Gasteiger partial charge on any atom is -0.477 e. The van der Waals surface area contributed by atoms with Crippen molar-refractivity contribution in [2.75, 3.05) is 18.0 Å². The number of aromatic carboxylic acids is 1. The molecule has 1 fully saturated rings. The Hall–Kier alpha value is -4.20. The van der Waals surface area contributed by atoms with Crippen molar-refractivity contribution in [3.63, 3.8) is 0 Å². The van der Waals surface area contributed by atoms with Crippen LogP contribution in [0.1, 0.15) is 26.8 Å². The molecular weight excluding hydrogens is 443 g/mol. The Balaban J connectivity index is 1.55. The predicted molar refractivity (Wildman–Crippen MR) is 110 cm³/mol. The summed E-state index contributed by atoms with van der Waals surface area (Å²) >= 11 is 0.968. The van der Waals surface area contributed by atoms with Gasteiger partial charge in [-0.15, -0.1) is 0 Å². The van der Waals surface area contributed by atoms with Crippen molar-refractivity contribution in [2.45, 2.75) is 6.04 Å². The van der Waals surface area contributed by atoms with Crippen molar-refractivity contribution in [1.29, 1.82) is 0 Å². The Labute approximate surface area is 181 Å². The number of amides is 1. The van der Waals surface area contributed by atoms with E-state index in [4.69, 9.17) is 5.73 Å². The van der Waals surface area contributed by atoms with Crippen molar-refractivity contribution < 1.29 is 19.1 Å². The number of fused-ring (bicyclic) bond motifs is 1. The van der Waals surface area contributed by atoms with Crippen molar-refractivity contribution >= 4 is 40.3 Å². The molecule has 0 aromatic carbocycles. The fourth-order valence-electron chi connectivity index (χ4n) is 3.47. The standard InChI is InChI=1S/C18H13FN8O4S/c19-12-1-10-13(28)11(17(30)31)6-26(18-21-7-23-32-18)15(10)24-16(12)25-4-9(5-25)27-3-8(2-22-27)14(20)29/h1-3,6-7,9H,4-5H2,(H2,20,29)(H,30,31). The van der Waals surface area contributed by atoms with E-state index in [1.165, 1.54) is 23.3 Å². The molecule has 0 radical (unpaired) electrons. The maximum atomic E-state index is 14.9. The second-order valence-electron chi connectivity index (χ2n) is 7.07. The summed E-state index contributed by atoms with van der Waals surface area (Å²) in [6, 6.07) is 0.857. The van der Waals surface area contributed by atoms with Gasteiger partial charge in [0, 0.05) is 37.0 Å². The fourth-order valence-corrected chi connectivity index (χ4v) is 3.98. The molecule has 14 heteroatoms. The molecule has 0 unspecified atom stereocenters. The van der Waals surface area contributed by atoms with Crippen LogP contribution in [0.2, 0.25) is 0 Å². The maximum absolute atomic E-state index is 14.9. The zero-order valence-corrected chi connectivity index (χ0v) is 16.9. The number of carbonyl (C=O) groups is 2. The lowest BCUT2D eigenvalue weighted by atomic mass is 10.1. The fraction of sp³-hybridized carbons (Fsp3) is 0.167. The van der Waals surface area contributed by atoms with Crippen LogP contribution in [0.4, 0.5) is 10.2 Å². The molecule has 1 aliphatic rings. The van der Waals surface area contributed by atoms with E-state index in [0.717, 1.165) is 23.8 Å². The van der Waals surface area contributed by atoms with Gasteiger partial charge in [0.1, 0.15) is 11.9 Å². The first-order chi connectivity index (χ1) is 15.3. The molecule has 0 spiro atoms. The first-order valence-electron chi connectivity index (χ1n) is 9.18. The zero-order valence-electron chi connectivity index (χ0n) is 16.0. The number of halogens is 1. The Bertz CT molecular complexity index is 1440. The number of nitrogens with two attached hydrogens (primary N) is 1. The van der Waals surface area contributed by atoms with Gasteiger partial charge in [-0.05, 0) is 6.07 Å². The van der Waals surface area contributed by atoms with Crippen molar-refractivity contribution in [3.8, 4) is 5.13 Å². The summed E-state index contributed by atoms with van der Waals surface area (Å²) in [4.78, 5) is 45.4. The van der Waals surface area contributed by atoms with Crippen LogP contribution < -0.4 is 16.1 Å². The van der Waals surface area contributed by atoms with Gasteiger partial charge in [-0.25, -0.2) is 19.2 Å². The van der Waals surface area contributed by atoms with Crippen LogP contribution >= 0.6 is 11.5 Å². The molecule has 32 heavy (non-hydrogen) atoms. The van der Waals surface area contributed by atoms with E-state index in [1.807, 2.05) is 0 Å². The largest absolute Gasteiger partial charge is 0.477 e. The highest BCUT2D eigenvalue weighted by Gasteiger charge is 2.33. The summed E-state index contributed by atoms with van der Waals surface area (Å²) in [6.45, 7) is 0.705. The number of nitrogens with zero attached hydrogens (tertiary/aromatic N) is 7. The van der Waals surface area contributed by atoms with Crippen LogP contribution in [-0.2, 0) is 0 Å². The Morgan fingerprint density at radius 3 is 2.69 bits per heavy atom. The van der Waals surface area contributed by atoms with Crippen LogP contribution in [0.25, 0.3) is 16.2 Å². The van der Waals surface area contributed by atoms with Gasteiger partial charge in [0.2, 0.25) is 10.6 Å². The van der Waals surface area contributed by atoms with Crippen LogP contribution in [-0.4, -0.2) is 58.8 Å². The van der Waals surface area contributed by atoms with E-state index >= 15 is 0 Å². The molecule has 1 aliphatic heterocycles. The summed E-state index contributed by atoms with van der Waals surface area (Å²) in [6.07, 6.45) is 5.27. The van der Waals surface area contributed by atoms with E-state index in [2.05, 4.69) is 19.4 Å². The smallest absolute Gasteiger partial charge is 0.341 e. The van der Waals surface area contributed by atoms with E-state index in [9.17, 15) is 23.9 Å². The van der Waals surface area contributed by atoms with Crippen LogP contribution in [0.5, 0.6) is 0 Å². The second-order valence-corrected chi connectivity index (χ2v) is 7.83. The van der Waals surface area contributed by atoms with E-state index < -0.39 is 28.7 Å². The monoisotopic (exact) mass is 456 g/mol. The van der Waals surface area contributed by atoms with Gasteiger partial charge < -0.3 is 15.7 Å². The molecular formula is C18H13FN8O4S. The molecule has 0 aliphatic carbocycles. The van der Waals surface area contributed by atoms with Gasteiger partial charge in [-0.1, -0.05) is 0 Å². The number of rotatable bonds is 5. The van der Waals surface area contributed by atoms with Gasteiger partial charge in [-0.3, -0.25) is 18.8 Å². The first kappa shape index (κ1) is 19.7. The number of carboxylic acid groups (broad SMARTS) is 1. The number of primary amides is 1. The first-order valence-corrected chi connectivity index (χ1v) is 9.96. The summed E-state index contributed by atoms with van der Waals surface area (Å²) in [5.41, 5.74) is 4.19. The van der Waals surface area contributed by atoms with E-state index in [-0.39, 0.29) is 33.6 Å². The molecule has 3 N–H and O–H groups in total. The molecule has 0 saturated carbocycles. The van der Waals surface area contributed by atoms with Crippen LogP contribution in [0, 0.1) is 5.82 Å². The summed E-state index contributed by atoms with van der Waals surface area (Å²) in [7, 11) is 0. The topological polar surface area (TPSA) is 162 Å².